The predicted molar refractivity (Wildman–Crippen MR) is 198 cm³/mol. The number of aromatic nitrogens is 2. The molecule has 11 heteroatoms. The first-order chi connectivity index (χ1) is 24.7. The number of imide groups is 1. The van der Waals surface area contributed by atoms with Crippen LogP contribution in [-0.2, 0) is 23.1 Å². The molecule has 2 aromatic carbocycles. The fraction of sp³-hybridized carbons (Fsp3) is 0.450. The standard InChI is InChI=1S/C40H47FN6O4/c1-45-25-34(31-9-15-42-24-33(31)40(45)50)28-22-35(41)32(37(23-28)51-2)21-27-11-17-46(18-12-27)16-10-26-13-19-47(20-14-26)30-5-3-29(4-6-30)43-36-7-8-38(48)44-39(36)49/h3-6,9,15,22-27,36,43H,7-8,10-14,16-21H2,1-2H3,(H,44,48,49). The van der Waals surface area contributed by atoms with E-state index in [1.807, 2.05) is 18.2 Å². The second-order valence-electron chi connectivity index (χ2n) is 14.4. The van der Waals surface area contributed by atoms with Crippen molar-refractivity contribution in [2.45, 2.75) is 57.4 Å². The van der Waals surface area contributed by atoms with E-state index in [2.05, 4.69) is 37.6 Å². The highest BCUT2D eigenvalue weighted by molar-refractivity contribution is 6.01. The molecule has 0 saturated carbocycles. The number of piperidine rings is 3. The molecule has 5 heterocycles. The zero-order chi connectivity index (χ0) is 35.5. The Labute approximate surface area is 298 Å². The number of amides is 2. The van der Waals surface area contributed by atoms with Gasteiger partial charge in [0.2, 0.25) is 11.8 Å². The molecule has 2 amide bonds. The number of pyridine rings is 2. The molecule has 4 aromatic rings. The Morgan fingerprint density at radius 1 is 0.941 bits per heavy atom. The average molecular weight is 695 g/mol. The summed E-state index contributed by atoms with van der Waals surface area (Å²) in [5, 5.41) is 6.90. The SMILES string of the molecule is COc1cc(-c2cn(C)c(=O)c3cnccc23)cc(F)c1CC1CCN(CCC2CCN(c3ccc(NC4CCC(=O)NC4=O)cc3)CC2)CC1. The van der Waals surface area contributed by atoms with Gasteiger partial charge in [0.05, 0.1) is 12.5 Å². The minimum atomic E-state index is -0.375. The van der Waals surface area contributed by atoms with Gasteiger partial charge < -0.3 is 24.4 Å². The molecule has 3 fully saturated rings. The van der Waals surface area contributed by atoms with Crippen LogP contribution in [0.15, 0.2) is 65.8 Å². The lowest BCUT2D eigenvalue weighted by molar-refractivity contribution is -0.133. The van der Waals surface area contributed by atoms with Gasteiger partial charge in [0.25, 0.3) is 5.56 Å². The van der Waals surface area contributed by atoms with E-state index >= 15 is 4.39 Å². The number of halogens is 1. The van der Waals surface area contributed by atoms with E-state index in [-0.39, 0.29) is 29.2 Å². The van der Waals surface area contributed by atoms with Crippen molar-refractivity contribution >= 4 is 34.0 Å². The lowest BCUT2D eigenvalue weighted by Gasteiger charge is -2.36. The highest BCUT2D eigenvalue weighted by atomic mass is 19.1. The van der Waals surface area contributed by atoms with Gasteiger partial charge in [-0.2, -0.15) is 0 Å². The van der Waals surface area contributed by atoms with Crippen molar-refractivity contribution < 1.29 is 18.7 Å². The smallest absolute Gasteiger partial charge is 0.259 e. The van der Waals surface area contributed by atoms with E-state index in [0.717, 1.165) is 62.2 Å². The minimum Gasteiger partial charge on any atom is -0.496 e. The highest BCUT2D eigenvalue weighted by Crippen LogP contribution is 2.36. The van der Waals surface area contributed by atoms with Crippen molar-refractivity contribution in [3.05, 3.63) is 82.8 Å². The van der Waals surface area contributed by atoms with Gasteiger partial charge in [-0.1, -0.05) is 0 Å². The van der Waals surface area contributed by atoms with E-state index in [4.69, 9.17) is 4.74 Å². The number of likely N-dealkylation sites (tertiary alicyclic amines) is 1. The zero-order valence-electron chi connectivity index (χ0n) is 29.5. The molecule has 0 bridgehead atoms. The van der Waals surface area contributed by atoms with Crippen LogP contribution < -0.4 is 25.8 Å². The Morgan fingerprint density at radius 3 is 2.41 bits per heavy atom. The van der Waals surface area contributed by atoms with Crippen LogP contribution in [0.25, 0.3) is 21.9 Å². The number of nitrogens with one attached hydrogen (secondary N) is 2. The third kappa shape index (κ3) is 7.78. The van der Waals surface area contributed by atoms with Gasteiger partial charge in [-0.05, 0) is 130 Å². The van der Waals surface area contributed by atoms with Crippen LogP contribution >= 0.6 is 0 Å². The van der Waals surface area contributed by atoms with Crippen molar-refractivity contribution in [2.75, 3.05) is 50.1 Å². The normalized spacial score (nSPS) is 19.4. The first-order valence-electron chi connectivity index (χ1n) is 18.2. The number of hydrogen-bond donors (Lipinski definition) is 2. The number of hydrogen-bond acceptors (Lipinski definition) is 8. The minimum absolute atomic E-state index is 0.134. The monoisotopic (exact) mass is 694 g/mol. The molecule has 3 aliphatic rings. The Bertz CT molecular complexity index is 1950. The number of rotatable bonds is 10. The molecule has 2 N–H and O–H groups in total. The molecular formula is C40H47FN6O4. The maximum Gasteiger partial charge on any atom is 0.259 e. The lowest BCUT2D eigenvalue weighted by Crippen LogP contribution is -2.47. The van der Waals surface area contributed by atoms with Gasteiger partial charge in [0.1, 0.15) is 17.6 Å². The Morgan fingerprint density at radius 2 is 1.69 bits per heavy atom. The summed E-state index contributed by atoms with van der Waals surface area (Å²) in [5.41, 5.74) is 4.03. The number of nitrogens with zero attached hydrogens (tertiary/aromatic N) is 4. The molecular weight excluding hydrogens is 647 g/mol. The molecule has 3 saturated heterocycles. The number of anilines is 2. The van der Waals surface area contributed by atoms with Gasteiger partial charge in [-0.25, -0.2) is 4.39 Å². The Balaban J connectivity index is 0.873. The zero-order valence-corrected chi connectivity index (χ0v) is 29.5. The molecule has 2 aromatic heterocycles. The number of fused-ring (bicyclic) bond motifs is 1. The summed E-state index contributed by atoms with van der Waals surface area (Å²) in [6, 6.07) is 13.2. The number of aryl methyl sites for hydroxylation is 1. The van der Waals surface area contributed by atoms with E-state index in [1.165, 1.54) is 29.5 Å². The summed E-state index contributed by atoms with van der Waals surface area (Å²) in [6.07, 6.45) is 12.1. The van der Waals surface area contributed by atoms with Crippen molar-refractivity contribution in [1.82, 2.24) is 19.8 Å². The van der Waals surface area contributed by atoms with Crippen LogP contribution in [0.4, 0.5) is 15.8 Å². The van der Waals surface area contributed by atoms with Crippen molar-refractivity contribution in [3.63, 3.8) is 0 Å². The summed E-state index contributed by atoms with van der Waals surface area (Å²) >= 11 is 0. The van der Waals surface area contributed by atoms with E-state index in [0.29, 0.717) is 53.4 Å². The Kier molecular flexibility index (Phi) is 10.4. The number of carbonyl (C=O) groups is 2. The van der Waals surface area contributed by atoms with Crippen molar-refractivity contribution in [1.29, 1.82) is 0 Å². The molecule has 268 valence electrons. The van der Waals surface area contributed by atoms with Crippen LogP contribution in [0.3, 0.4) is 0 Å². The molecule has 0 spiro atoms. The molecule has 0 aliphatic carbocycles. The molecule has 1 atom stereocenters. The third-order valence-electron chi connectivity index (χ3n) is 11.2. The van der Waals surface area contributed by atoms with E-state index in [1.54, 1.807) is 44.9 Å². The Hall–Kier alpha value is -4.77. The van der Waals surface area contributed by atoms with E-state index < -0.39 is 0 Å². The molecule has 1 unspecified atom stereocenters. The second-order valence-corrected chi connectivity index (χ2v) is 14.4. The maximum atomic E-state index is 15.8. The van der Waals surface area contributed by atoms with Gasteiger partial charge in [-0.3, -0.25) is 24.7 Å². The van der Waals surface area contributed by atoms with Gasteiger partial charge in [0.15, 0.2) is 0 Å². The molecule has 3 aliphatic heterocycles. The van der Waals surface area contributed by atoms with Crippen LogP contribution in [0.2, 0.25) is 0 Å². The second kappa shape index (κ2) is 15.2. The molecule has 10 nitrogen and oxygen atoms in total. The summed E-state index contributed by atoms with van der Waals surface area (Å²) in [6.45, 7) is 5.24. The van der Waals surface area contributed by atoms with Crippen molar-refractivity contribution in [2.24, 2.45) is 18.9 Å². The molecule has 51 heavy (non-hydrogen) atoms. The van der Waals surface area contributed by atoms with Crippen LogP contribution in [-0.4, -0.2) is 72.1 Å². The number of benzene rings is 2. The average Bonchev–Trinajstić information content (AvgIpc) is 3.15. The number of carbonyl (C=O) groups excluding carboxylic acids is 2. The topological polar surface area (TPSA) is 109 Å². The summed E-state index contributed by atoms with van der Waals surface area (Å²) in [5.74, 6) is 0.929. The van der Waals surface area contributed by atoms with Crippen LogP contribution in [0, 0.1) is 17.7 Å². The molecule has 7 rings (SSSR count). The fourth-order valence-corrected chi connectivity index (χ4v) is 8.04. The van der Waals surface area contributed by atoms with Crippen molar-refractivity contribution in [3.8, 4) is 16.9 Å². The van der Waals surface area contributed by atoms with Gasteiger partial charge in [-0.15, -0.1) is 0 Å². The lowest BCUT2D eigenvalue weighted by atomic mass is 9.88. The first-order valence-corrected chi connectivity index (χ1v) is 18.2. The van der Waals surface area contributed by atoms with Gasteiger partial charge >= 0.3 is 0 Å². The van der Waals surface area contributed by atoms with E-state index in [9.17, 15) is 14.4 Å². The predicted octanol–water partition coefficient (Wildman–Crippen LogP) is 5.53. The largest absolute Gasteiger partial charge is 0.496 e. The molecule has 0 radical (unpaired) electrons. The summed E-state index contributed by atoms with van der Waals surface area (Å²) < 4.78 is 23.0. The first kappa shape index (κ1) is 34.7. The number of methoxy groups -OCH3 is 1. The maximum absolute atomic E-state index is 15.8. The number of ether oxygens (including phenoxy) is 1. The van der Waals surface area contributed by atoms with Crippen LogP contribution in [0.5, 0.6) is 5.75 Å². The summed E-state index contributed by atoms with van der Waals surface area (Å²) in [7, 11) is 3.29. The van der Waals surface area contributed by atoms with Crippen LogP contribution in [0.1, 0.15) is 50.5 Å². The van der Waals surface area contributed by atoms with Gasteiger partial charge in [0, 0.05) is 67.7 Å². The summed E-state index contributed by atoms with van der Waals surface area (Å²) in [4.78, 5) is 45.3. The fourth-order valence-electron chi connectivity index (χ4n) is 8.04. The third-order valence-corrected chi connectivity index (χ3v) is 11.2. The highest BCUT2D eigenvalue weighted by Gasteiger charge is 2.27. The quantitative estimate of drug-likeness (QED) is 0.209.